The maximum Gasteiger partial charge on any atom is 0.262 e. The Balaban J connectivity index is 3.01. The Kier molecular flexibility index (Phi) is 7.19. The van der Waals surface area contributed by atoms with Crippen LogP contribution in [0.3, 0.4) is 0 Å². The van der Waals surface area contributed by atoms with Crippen LogP contribution in [0, 0.1) is 6.92 Å². The fourth-order valence-electron chi connectivity index (χ4n) is 1.95. The summed E-state index contributed by atoms with van der Waals surface area (Å²) >= 11 is 1.72. The zero-order valence-corrected chi connectivity index (χ0v) is 15.1. The van der Waals surface area contributed by atoms with Crippen LogP contribution < -0.4 is 5.32 Å². The molecule has 0 fully saturated rings. The van der Waals surface area contributed by atoms with Crippen LogP contribution in [0.25, 0.3) is 0 Å². The van der Waals surface area contributed by atoms with Gasteiger partial charge in [0.05, 0.1) is 0 Å². The maximum atomic E-state index is 12.7. The fourth-order valence-corrected chi connectivity index (χ4v) is 4.07. The van der Waals surface area contributed by atoms with Crippen molar-refractivity contribution in [3.63, 3.8) is 0 Å². The van der Waals surface area contributed by atoms with Crippen LogP contribution in [-0.4, -0.2) is 54.6 Å². The number of H-pyrrole nitrogens is 1. The van der Waals surface area contributed by atoms with Crippen molar-refractivity contribution in [2.45, 2.75) is 44.8 Å². The molecule has 0 bridgehead atoms. The highest BCUT2D eigenvalue weighted by molar-refractivity contribution is 7.98. The summed E-state index contributed by atoms with van der Waals surface area (Å²) in [5.41, 5.74) is 1.51. The maximum absolute atomic E-state index is 12.7. The number of aromatic amines is 1. The van der Waals surface area contributed by atoms with Gasteiger partial charge in [-0.15, -0.1) is 0 Å². The van der Waals surface area contributed by atoms with Crippen molar-refractivity contribution in [2.75, 3.05) is 25.6 Å². The standard InChI is InChI=1S/C13H26N4O2S2/c1-6-14-9-12-11(3)15-16-13(12)21(18,19)17(4)10(2)7-8-20-5/h10,14H,6-9H2,1-5H3,(H,15,16). The minimum atomic E-state index is -3.57. The second-order valence-corrected chi connectivity index (χ2v) is 7.96. The van der Waals surface area contributed by atoms with Crippen molar-refractivity contribution in [3.8, 4) is 0 Å². The van der Waals surface area contributed by atoms with Crippen molar-refractivity contribution < 1.29 is 8.42 Å². The summed E-state index contributed by atoms with van der Waals surface area (Å²) in [6.07, 6.45) is 2.84. The quantitative estimate of drug-likeness (QED) is 0.717. The van der Waals surface area contributed by atoms with Crippen LogP contribution in [0.2, 0.25) is 0 Å². The summed E-state index contributed by atoms with van der Waals surface area (Å²) in [6.45, 7) is 7.04. The van der Waals surface area contributed by atoms with Gasteiger partial charge in [-0.05, 0) is 38.8 Å². The molecule has 0 saturated heterocycles. The number of rotatable bonds is 9. The Morgan fingerprint density at radius 2 is 2.14 bits per heavy atom. The van der Waals surface area contributed by atoms with Crippen molar-refractivity contribution in [2.24, 2.45) is 0 Å². The largest absolute Gasteiger partial charge is 0.313 e. The lowest BCUT2D eigenvalue weighted by Crippen LogP contribution is -2.36. The van der Waals surface area contributed by atoms with E-state index in [-0.39, 0.29) is 11.1 Å². The van der Waals surface area contributed by atoms with Crippen molar-refractivity contribution in [3.05, 3.63) is 11.3 Å². The number of hydrogen-bond acceptors (Lipinski definition) is 5. The molecule has 2 N–H and O–H groups in total. The summed E-state index contributed by atoms with van der Waals surface area (Å²) < 4.78 is 26.9. The molecule has 1 unspecified atom stereocenters. The molecule has 1 rings (SSSR count). The average molecular weight is 335 g/mol. The van der Waals surface area contributed by atoms with Crippen molar-refractivity contribution in [1.29, 1.82) is 0 Å². The molecule has 1 atom stereocenters. The number of aryl methyl sites for hydroxylation is 1. The van der Waals surface area contributed by atoms with Crippen molar-refractivity contribution in [1.82, 2.24) is 19.8 Å². The molecule has 0 aliphatic rings. The molecule has 6 nitrogen and oxygen atoms in total. The lowest BCUT2D eigenvalue weighted by Gasteiger charge is -2.23. The van der Waals surface area contributed by atoms with Crippen LogP contribution in [-0.2, 0) is 16.6 Å². The van der Waals surface area contributed by atoms with Gasteiger partial charge in [-0.1, -0.05) is 6.92 Å². The molecule has 122 valence electrons. The van der Waals surface area contributed by atoms with E-state index in [0.29, 0.717) is 6.54 Å². The van der Waals surface area contributed by atoms with Crippen LogP contribution >= 0.6 is 11.8 Å². The fraction of sp³-hybridized carbons (Fsp3) is 0.769. The highest BCUT2D eigenvalue weighted by Gasteiger charge is 2.30. The Labute approximate surface area is 132 Å². The Morgan fingerprint density at radius 3 is 2.71 bits per heavy atom. The summed E-state index contributed by atoms with van der Waals surface area (Å²) in [4.78, 5) is 0. The molecule has 1 aromatic rings. The summed E-state index contributed by atoms with van der Waals surface area (Å²) in [7, 11) is -1.94. The first-order chi connectivity index (χ1) is 9.86. The van der Waals surface area contributed by atoms with E-state index in [0.717, 1.165) is 30.0 Å². The predicted octanol–water partition coefficient (Wildman–Crippen LogP) is 1.59. The number of hydrogen-bond donors (Lipinski definition) is 2. The molecule has 0 aliphatic carbocycles. The molecule has 1 aromatic heterocycles. The SMILES string of the molecule is CCNCc1c(S(=O)(=O)N(C)C(C)CCSC)n[nH]c1C. The van der Waals surface area contributed by atoms with E-state index >= 15 is 0 Å². The number of nitrogens with one attached hydrogen (secondary N) is 2. The zero-order valence-electron chi connectivity index (χ0n) is 13.4. The molecule has 0 amide bonds. The van der Waals surface area contributed by atoms with E-state index in [2.05, 4.69) is 15.5 Å². The zero-order chi connectivity index (χ0) is 16.0. The topological polar surface area (TPSA) is 78.1 Å². The van der Waals surface area contributed by atoms with Crippen LogP contribution in [0.5, 0.6) is 0 Å². The van der Waals surface area contributed by atoms with Gasteiger partial charge in [0.25, 0.3) is 10.0 Å². The molecular formula is C13H26N4O2S2. The average Bonchev–Trinajstić information content (AvgIpc) is 2.83. The van der Waals surface area contributed by atoms with Crippen LogP contribution in [0.4, 0.5) is 0 Å². The molecule has 21 heavy (non-hydrogen) atoms. The van der Waals surface area contributed by atoms with E-state index in [1.165, 1.54) is 4.31 Å². The minimum Gasteiger partial charge on any atom is -0.313 e. The Hall–Kier alpha value is -0.570. The first-order valence-corrected chi connectivity index (χ1v) is 9.91. The number of aromatic nitrogens is 2. The van der Waals surface area contributed by atoms with Gasteiger partial charge < -0.3 is 5.32 Å². The Bertz CT molecular complexity index is 542. The van der Waals surface area contributed by atoms with Gasteiger partial charge in [0.15, 0.2) is 5.03 Å². The molecule has 8 heteroatoms. The van der Waals surface area contributed by atoms with Crippen LogP contribution in [0.1, 0.15) is 31.5 Å². The van der Waals surface area contributed by atoms with Gasteiger partial charge in [0.1, 0.15) is 0 Å². The highest BCUT2D eigenvalue weighted by Crippen LogP contribution is 2.22. The number of thioether (sulfide) groups is 1. The second-order valence-electron chi connectivity index (χ2n) is 5.06. The van der Waals surface area contributed by atoms with Gasteiger partial charge in [0, 0.05) is 30.9 Å². The monoisotopic (exact) mass is 334 g/mol. The summed E-state index contributed by atoms with van der Waals surface area (Å²) in [5.74, 6) is 0.935. The third-order valence-electron chi connectivity index (χ3n) is 3.57. The van der Waals surface area contributed by atoms with Gasteiger partial charge >= 0.3 is 0 Å². The molecule has 0 aromatic carbocycles. The highest BCUT2D eigenvalue weighted by atomic mass is 32.2. The molecule has 0 aliphatic heterocycles. The normalized spacial score (nSPS) is 13.8. The Morgan fingerprint density at radius 1 is 1.48 bits per heavy atom. The first kappa shape index (κ1) is 18.5. The lowest BCUT2D eigenvalue weighted by atomic mass is 10.2. The minimum absolute atomic E-state index is 0.0496. The molecule has 0 saturated carbocycles. The van der Waals surface area contributed by atoms with Gasteiger partial charge in [-0.2, -0.15) is 21.2 Å². The van der Waals surface area contributed by atoms with E-state index in [1.807, 2.05) is 27.0 Å². The first-order valence-electron chi connectivity index (χ1n) is 7.07. The third kappa shape index (κ3) is 4.45. The molecule has 0 radical (unpaired) electrons. The lowest BCUT2D eigenvalue weighted by molar-refractivity contribution is 0.380. The summed E-state index contributed by atoms with van der Waals surface area (Å²) in [6, 6.07) is -0.0496. The van der Waals surface area contributed by atoms with Gasteiger partial charge in [-0.3, -0.25) is 5.10 Å². The van der Waals surface area contributed by atoms with E-state index < -0.39 is 10.0 Å². The second kappa shape index (κ2) is 8.17. The van der Waals surface area contributed by atoms with Gasteiger partial charge in [0.2, 0.25) is 0 Å². The number of sulfonamides is 1. The molecular weight excluding hydrogens is 308 g/mol. The molecule has 1 heterocycles. The van der Waals surface area contributed by atoms with E-state index in [4.69, 9.17) is 0 Å². The number of nitrogens with zero attached hydrogens (tertiary/aromatic N) is 2. The summed E-state index contributed by atoms with van der Waals surface area (Å²) in [5, 5.41) is 10.1. The van der Waals surface area contributed by atoms with E-state index in [9.17, 15) is 8.42 Å². The smallest absolute Gasteiger partial charge is 0.262 e. The van der Waals surface area contributed by atoms with Crippen LogP contribution in [0.15, 0.2) is 5.03 Å². The molecule has 0 spiro atoms. The van der Waals surface area contributed by atoms with E-state index in [1.54, 1.807) is 18.8 Å². The van der Waals surface area contributed by atoms with Gasteiger partial charge in [-0.25, -0.2) is 8.42 Å². The predicted molar refractivity (Wildman–Crippen MR) is 88.1 cm³/mol. The third-order valence-corrected chi connectivity index (χ3v) is 6.16. The van der Waals surface area contributed by atoms with Crippen molar-refractivity contribution >= 4 is 21.8 Å².